The van der Waals surface area contributed by atoms with Gasteiger partial charge in [0, 0.05) is 17.8 Å². The molecule has 3 rings (SSSR count). The third kappa shape index (κ3) is 3.11. The quantitative estimate of drug-likeness (QED) is 0.765. The van der Waals surface area contributed by atoms with E-state index in [2.05, 4.69) is 63.8 Å². The number of aromatic amines is 1. The lowest BCUT2D eigenvalue weighted by Gasteiger charge is -2.09. The second-order valence-corrected chi connectivity index (χ2v) is 5.11. The third-order valence-electron chi connectivity index (χ3n) is 3.46. The molecule has 3 aromatic rings. The van der Waals surface area contributed by atoms with Crippen molar-refractivity contribution >= 4 is 5.69 Å². The summed E-state index contributed by atoms with van der Waals surface area (Å²) >= 11 is 0. The Morgan fingerprint density at radius 2 is 1.90 bits per heavy atom. The highest BCUT2D eigenvalue weighted by atomic mass is 15.2. The standard InChI is InChI=1S/C17H18N4/c1-12-6-3-4-7-15(12)11-18-16-9-5-8-14(10-16)17-19-13(2)20-21-17/h3-10,18H,11H2,1-2H3,(H,19,20,21). The minimum atomic E-state index is 0.729. The topological polar surface area (TPSA) is 53.6 Å². The van der Waals surface area contributed by atoms with Gasteiger partial charge in [-0.2, -0.15) is 5.10 Å². The predicted molar refractivity (Wildman–Crippen MR) is 85.1 cm³/mol. The fraction of sp³-hybridized carbons (Fsp3) is 0.176. The molecule has 0 saturated carbocycles. The van der Waals surface area contributed by atoms with Crippen LogP contribution in [0.3, 0.4) is 0 Å². The van der Waals surface area contributed by atoms with Gasteiger partial charge in [-0.15, -0.1) is 0 Å². The lowest BCUT2D eigenvalue weighted by molar-refractivity contribution is 1.04. The molecule has 0 spiro atoms. The summed E-state index contributed by atoms with van der Waals surface area (Å²) in [5.41, 5.74) is 4.68. The van der Waals surface area contributed by atoms with Gasteiger partial charge in [0.1, 0.15) is 5.82 Å². The molecule has 0 aliphatic heterocycles. The summed E-state index contributed by atoms with van der Waals surface area (Å²) in [6, 6.07) is 16.6. The minimum Gasteiger partial charge on any atom is -0.381 e. The van der Waals surface area contributed by atoms with Gasteiger partial charge in [0.2, 0.25) is 0 Å². The van der Waals surface area contributed by atoms with Crippen LogP contribution in [0, 0.1) is 13.8 Å². The van der Waals surface area contributed by atoms with Crippen LogP contribution in [0.5, 0.6) is 0 Å². The van der Waals surface area contributed by atoms with Gasteiger partial charge in [-0.3, -0.25) is 5.10 Å². The number of hydrogen-bond donors (Lipinski definition) is 2. The van der Waals surface area contributed by atoms with E-state index in [1.807, 2.05) is 19.1 Å². The van der Waals surface area contributed by atoms with Gasteiger partial charge >= 0.3 is 0 Å². The van der Waals surface area contributed by atoms with Crippen molar-refractivity contribution in [3.05, 3.63) is 65.5 Å². The first-order valence-electron chi connectivity index (χ1n) is 7.00. The van der Waals surface area contributed by atoms with E-state index in [4.69, 9.17) is 0 Å². The Kier molecular flexibility index (Phi) is 3.69. The number of H-pyrrole nitrogens is 1. The fourth-order valence-electron chi connectivity index (χ4n) is 2.25. The van der Waals surface area contributed by atoms with Crippen LogP contribution in [0.2, 0.25) is 0 Å². The van der Waals surface area contributed by atoms with E-state index in [1.54, 1.807) is 0 Å². The molecule has 21 heavy (non-hydrogen) atoms. The summed E-state index contributed by atoms with van der Waals surface area (Å²) < 4.78 is 0. The number of nitrogens with zero attached hydrogens (tertiary/aromatic N) is 2. The highest BCUT2D eigenvalue weighted by Gasteiger charge is 2.04. The molecule has 4 nitrogen and oxygen atoms in total. The lowest BCUT2D eigenvalue weighted by atomic mass is 10.1. The number of hydrogen-bond acceptors (Lipinski definition) is 3. The van der Waals surface area contributed by atoms with Crippen molar-refractivity contribution in [1.82, 2.24) is 15.2 Å². The maximum Gasteiger partial charge on any atom is 0.181 e. The summed E-state index contributed by atoms with van der Waals surface area (Å²) in [5, 5.41) is 10.5. The van der Waals surface area contributed by atoms with Crippen LogP contribution in [0.25, 0.3) is 11.4 Å². The molecule has 106 valence electrons. The SMILES string of the molecule is Cc1nc(-c2cccc(NCc3ccccc3C)c2)n[nH]1. The van der Waals surface area contributed by atoms with E-state index in [9.17, 15) is 0 Å². The average molecular weight is 278 g/mol. The lowest BCUT2D eigenvalue weighted by Crippen LogP contribution is -2.01. The zero-order valence-electron chi connectivity index (χ0n) is 12.2. The van der Waals surface area contributed by atoms with Crippen LogP contribution in [0.4, 0.5) is 5.69 Å². The fourth-order valence-corrected chi connectivity index (χ4v) is 2.25. The molecule has 0 aliphatic rings. The molecular formula is C17H18N4. The molecule has 0 atom stereocenters. The van der Waals surface area contributed by atoms with Crippen molar-refractivity contribution in [3.8, 4) is 11.4 Å². The second kappa shape index (κ2) is 5.79. The smallest absolute Gasteiger partial charge is 0.181 e. The largest absolute Gasteiger partial charge is 0.381 e. The molecule has 0 amide bonds. The first-order valence-corrected chi connectivity index (χ1v) is 7.00. The van der Waals surface area contributed by atoms with Crippen molar-refractivity contribution in [2.45, 2.75) is 20.4 Å². The monoisotopic (exact) mass is 278 g/mol. The van der Waals surface area contributed by atoms with Crippen LogP contribution < -0.4 is 5.32 Å². The van der Waals surface area contributed by atoms with E-state index in [0.717, 1.165) is 29.4 Å². The molecule has 0 bridgehead atoms. The highest BCUT2D eigenvalue weighted by molar-refractivity contribution is 5.62. The summed E-state index contributed by atoms with van der Waals surface area (Å²) in [6.07, 6.45) is 0. The summed E-state index contributed by atoms with van der Waals surface area (Å²) in [5.74, 6) is 1.55. The Labute approximate surface area is 124 Å². The zero-order valence-corrected chi connectivity index (χ0v) is 12.2. The molecule has 2 N–H and O–H groups in total. The molecule has 0 unspecified atom stereocenters. The Bertz CT molecular complexity index is 746. The number of aromatic nitrogens is 3. The Hall–Kier alpha value is -2.62. The highest BCUT2D eigenvalue weighted by Crippen LogP contribution is 2.20. The molecule has 0 saturated heterocycles. The van der Waals surface area contributed by atoms with E-state index >= 15 is 0 Å². The van der Waals surface area contributed by atoms with Crippen molar-refractivity contribution in [2.75, 3.05) is 5.32 Å². The van der Waals surface area contributed by atoms with Gasteiger partial charge in [0.05, 0.1) is 0 Å². The maximum absolute atomic E-state index is 4.36. The average Bonchev–Trinajstić information content (AvgIpc) is 2.93. The Morgan fingerprint density at radius 3 is 2.67 bits per heavy atom. The molecule has 0 radical (unpaired) electrons. The third-order valence-corrected chi connectivity index (χ3v) is 3.46. The molecule has 2 aromatic carbocycles. The number of rotatable bonds is 4. The molecule has 1 aromatic heterocycles. The Balaban J connectivity index is 1.76. The first-order chi connectivity index (χ1) is 10.2. The van der Waals surface area contributed by atoms with Gasteiger partial charge in [-0.25, -0.2) is 4.98 Å². The van der Waals surface area contributed by atoms with Gasteiger partial charge in [0.25, 0.3) is 0 Å². The molecule has 0 aliphatic carbocycles. The molecular weight excluding hydrogens is 260 g/mol. The van der Waals surface area contributed by atoms with E-state index in [-0.39, 0.29) is 0 Å². The first kappa shape index (κ1) is 13.4. The van der Waals surface area contributed by atoms with Gasteiger partial charge in [-0.05, 0) is 37.1 Å². The van der Waals surface area contributed by atoms with Crippen molar-refractivity contribution in [1.29, 1.82) is 0 Å². The van der Waals surface area contributed by atoms with E-state index in [0.29, 0.717) is 0 Å². The van der Waals surface area contributed by atoms with Gasteiger partial charge < -0.3 is 5.32 Å². The number of aryl methyl sites for hydroxylation is 2. The maximum atomic E-state index is 4.36. The van der Waals surface area contributed by atoms with Gasteiger partial charge in [0.15, 0.2) is 5.82 Å². The van der Waals surface area contributed by atoms with Crippen LogP contribution in [0.15, 0.2) is 48.5 Å². The number of nitrogens with one attached hydrogen (secondary N) is 2. The predicted octanol–water partition coefficient (Wildman–Crippen LogP) is 3.70. The number of benzene rings is 2. The summed E-state index contributed by atoms with van der Waals surface area (Å²) in [6.45, 7) is 4.84. The van der Waals surface area contributed by atoms with E-state index in [1.165, 1.54) is 11.1 Å². The van der Waals surface area contributed by atoms with Crippen molar-refractivity contribution in [3.63, 3.8) is 0 Å². The van der Waals surface area contributed by atoms with Crippen molar-refractivity contribution < 1.29 is 0 Å². The molecule has 4 heteroatoms. The van der Waals surface area contributed by atoms with Gasteiger partial charge in [-0.1, -0.05) is 36.4 Å². The van der Waals surface area contributed by atoms with Crippen LogP contribution in [0.1, 0.15) is 17.0 Å². The van der Waals surface area contributed by atoms with Crippen LogP contribution >= 0.6 is 0 Å². The summed E-state index contributed by atoms with van der Waals surface area (Å²) in [7, 11) is 0. The molecule has 0 fully saturated rings. The number of anilines is 1. The van der Waals surface area contributed by atoms with Crippen LogP contribution in [-0.2, 0) is 6.54 Å². The molecule has 1 heterocycles. The normalized spacial score (nSPS) is 10.6. The summed E-state index contributed by atoms with van der Waals surface area (Å²) in [4.78, 5) is 4.36. The Morgan fingerprint density at radius 1 is 1.05 bits per heavy atom. The second-order valence-electron chi connectivity index (χ2n) is 5.11. The van der Waals surface area contributed by atoms with E-state index < -0.39 is 0 Å². The zero-order chi connectivity index (χ0) is 14.7. The minimum absolute atomic E-state index is 0.729. The van der Waals surface area contributed by atoms with Crippen LogP contribution in [-0.4, -0.2) is 15.2 Å². The van der Waals surface area contributed by atoms with Crippen molar-refractivity contribution in [2.24, 2.45) is 0 Å².